The molecule has 0 amide bonds. The van der Waals surface area contributed by atoms with Crippen LogP contribution >= 0.6 is 61.1 Å². The number of halogens is 3. The minimum absolute atomic E-state index is 0. The molecule has 0 aliphatic carbocycles. The maximum atomic E-state index is 11.5. The van der Waals surface area contributed by atoms with Crippen LogP contribution in [-0.4, -0.2) is 57.9 Å². The van der Waals surface area contributed by atoms with E-state index in [9.17, 15) is 5.11 Å². The molecule has 2 unspecified atom stereocenters. The van der Waals surface area contributed by atoms with Crippen LogP contribution in [0.2, 0.25) is 39.3 Å². The summed E-state index contributed by atoms with van der Waals surface area (Å²) in [4.78, 5) is 36.7. The number of fused-ring (bicyclic) bond motifs is 8. The number of hydrogen-bond acceptors (Lipinski definition) is 4. The molecule has 15 heteroatoms. The third-order valence-electron chi connectivity index (χ3n) is 22.6. The summed E-state index contributed by atoms with van der Waals surface area (Å²) < 4.78 is 3.41. The molecule has 9 heterocycles. The molecular weight excluding hydrogens is 1860 g/mol. The predicted molar refractivity (Wildman–Crippen MR) is 535 cm³/mol. The molecule has 121 heavy (non-hydrogen) atoms. The fourth-order valence-corrected chi connectivity index (χ4v) is 17.8. The van der Waals surface area contributed by atoms with Gasteiger partial charge in [-0.2, -0.15) is 0 Å². The fourth-order valence-electron chi connectivity index (χ4n) is 15.6. The van der Waals surface area contributed by atoms with E-state index in [1.807, 2.05) is 12.3 Å². The van der Waals surface area contributed by atoms with Crippen molar-refractivity contribution in [3.8, 4) is 78.6 Å². The van der Waals surface area contributed by atoms with Gasteiger partial charge in [0.15, 0.2) is 0 Å². The summed E-state index contributed by atoms with van der Waals surface area (Å²) in [6.45, 7) is 52.0. The predicted octanol–water partition coefficient (Wildman–Crippen LogP) is 28.0. The van der Waals surface area contributed by atoms with Gasteiger partial charge >= 0.3 is 19.5 Å². The normalized spacial score (nSPS) is 14.7. The van der Waals surface area contributed by atoms with E-state index in [1.54, 1.807) is 0 Å². The Labute approximate surface area is 770 Å². The summed E-state index contributed by atoms with van der Waals surface area (Å²) in [5.74, 6) is 6.75. The van der Waals surface area contributed by atoms with E-state index in [0.29, 0.717) is 12.5 Å². The van der Waals surface area contributed by atoms with Crippen LogP contribution in [0.3, 0.4) is 0 Å². The second-order valence-electron chi connectivity index (χ2n) is 40.5. The van der Waals surface area contributed by atoms with Gasteiger partial charge in [0, 0.05) is 100 Å². The molecule has 3 aliphatic rings. The monoisotopic (exact) mass is 1970 g/mol. The summed E-state index contributed by atoms with van der Waals surface area (Å²) in [7, 11) is -2.90. The molecule has 618 valence electrons. The van der Waals surface area contributed by atoms with Crippen LogP contribution in [0.1, 0.15) is 215 Å². The van der Waals surface area contributed by atoms with Crippen molar-refractivity contribution in [1.82, 2.24) is 34.9 Å². The van der Waals surface area contributed by atoms with Crippen molar-refractivity contribution in [3.63, 3.8) is 0 Å². The topological polar surface area (TPSA) is 134 Å². The number of benzene rings is 6. The van der Waals surface area contributed by atoms with E-state index in [-0.39, 0.29) is 52.0 Å². The summed E-state index contributed by atoms with van der Waals surface area (Å²) >= 11 is 8.36. The van der Waals surface area contributed by atoms with Crippen molar-refractivity contribution in [1.29, 1.82) is 0 Å². The van der Waals surface area contributed by atoms with Crippen molar-refractivity contribution in [2.75, 3.05) is 0 Å². The van der Waals surface area contributed by atoms with Gasteiger partial charge in [0.25, 0.3) is 0 Å². The molecule has 0 radical (unpaired) electrons. The van der Waals surface area contributed by atoms with Crippen LogP contribution in [0, 0.1) is 35.5 Å². The Balaban J connectivity index is 0.000000185. The molecule has 15 rings (SSSR count). The quantitative estimate of drug-likeness (QED) is 0.0581. The van der Waals surface area contributed by atoms with E-state index in [0.717, 1.165) is 147 Å². The first-order chi connectivity index (χ1) is 56.1. The average Bonchev–Trinajstić information content (AvgIpc) is 1.61. The zero-order valence-corrected chi connectivity index (χ0v) is 86.0. The van der Waals surface area contributed by atoms with Crippen LogP contribution in [0.4, 0.5) is 0 Å². The molecule has 0 spiro atoms. The maximum absolute atomic E-state index is 11.5. The molecule has 6 aromatic heterocycles. The van der Waals surface area contributed by atoms with Gasteiger partial charge in [0.2, 0.25) is 0 Å². The molecule has 12 aromatic rings. The van der Waals surface area contributed by atoms with Crippen LogP contribution in [-0.2, 0) is 65.8 Å². The van der Waals surface area contributed by atoms with Gasteiger partial charge in [0.05, 0.1) is 22.0 Å². The van der Waals surface area contributed by atoms with E-state index < -0.39 is 22.3 Å². The van der Waals surface area contributed by atoms with Gasteiger partial charge in [-0.3, -0.25) is 9.98 Å². The summed E-state index contributed by atoms with van der Waals surface area (Å²) in [5, 5.41) is 11.5. The SMILES string of the molecule is CC(C)(C)c1cc(-c2c3nc(cc4[n-]c(cc5nc(cc6[n-]c2cc6-c2ccc(I)cc2)C(C)(C)C5)cc4-c2ccc(C#C[Si](C)(C)C)cc2)C=C3)cc(C(C)(C)C)c1.CC(C)(C)c1cc(C(O)c2ccc(Cc3[nH]c(Br)cc3-c3ccc(C#C[Si](C)(C)C)cc3)[nH]2)cc(C(C)(C)C)c1.CC1=NC(Cc2[nH]ccc2-c2ccc(I)cc2)C(C)(C)C1.[Zn+2]. The first-order valence-electron chi connectivity index (χ1n) is 42.0. The Hall–Kier alpha value is -8.23. The molecular formula is C106H117BrI2N8OSi2Zn. The van der Waals surface area contributed by atoms with Crippen LogP contribution < -0.4 is 9.97 Å². The van der Waals surface area contributed by atoms with Gasteiger partial charge in [-0.1, -0.05) is 277 Å². The van der Waals surface area contributed by atoms with Gasteiger partial charge in [-0.15, -0.1) is 33.2 Å². The van der Waals surface area contributed by atoms with E-state index in [4.69, 9.17) is 24.9 Å². The first-order valence-corrected chi connectivity index (χ1v) is 52.0. The summed E-state index contributed by atoms with van der Waals surface area (Å²) in [6, 6.07) is 67.9. The summed E-state index contributed by atoms with van der Waals surface area (Å²) in [5.41, 5.74) is 39.2. The second-order valence-corrected chi connectivity index (χ2v) is 53.3. The average molecular weight is 1970 g/mol. The number of hydrogen-bond donors (Lipinski definition) is 4. The number of nitrogens with zero attached hydrogens (tertiary/aromatic N) is 5. The Kier molecular flexibility index (Phi) is 27.5. The van der Waals surface area contributed by atoms with E-state index >= 15 is 0 Å². The van der Waals surface area contributed by atoms with Crippen LogP contribution in [0.25, 0.3) is 89.9 Å². The molecule has 0 saturated carbocycles. The van der Waals surface area contributed by atoms with Crippen LogP contribution in [0.15, 0.2) is 204 Å². The Bertz CT molecular complexity index is 6120. The summed E-state index contributed by atoms with van der Waals surface area (Å²) in [6.07, 6.45) is 9.17. The Morgan fingerprint density at radius 3 is 1.55 bits per heavy atom. The molecule has 0 fully saturated rings. The third kappa shape index (κ3) is 23.0. The molecule has 3 aliphatic heterocycles. The second kappa shape index (κ2) is 36.1. The maximum Gasteiger partial charge on any atom is 2.00 e. The third-order valence-corrected chi connectivity index (χ3v) is 26.2. The molecule has 2 atom stereocenters. The molecule has 4 N–H and O–H groups in total. The van der Waals surface area contributed by atoms with Crippen molar-refractivity contribution < 1.29 is 24.6 Å². The minimum atomic E-state index is -1.49. The van der Waals surface area contributed by atoms with Crippen molar-refractivity contribution in [3.05, 3.63) is 290 Å². The van der Waals surface area contributed by atoms with Gasteiger partial charge in [-0.05, 0) is 259 Å². The fraction of sp³-hybridized carbons (Fsp3) is 0.330. The van der Waals surface area contributed by atoms with Gasteiger partial charge in [-0.25, -0.2) is 4.98 Å². The Morgan fingerprint density at radius 2 is 1.02 bits per heavy atom. The number of aromatic nitrogens is 7. The standard InChI is InChI=1S/C53H53IN4Si.C35H43BrN2OSi.C18H21IN2.Zn/c1-51(2,3)37-24-36(25-38(26-37)52(4,5)6)50-45-21-20-40(55-45)29-46-43(34-14-12-33(13-15-34)22-23-59(9,10)11)28-41(56-46)27-42-32-53(7,8)49(57-42)31-47-44(30-48(50)58-47)35-16-18-39(54)19-17-35;1-34(2,3)26-18-25(19-27(20-26)35(4,5)6)33(39)30-15-14-28(37-30)21-31-29(22-32(36)38-31)24-12-10-23(11-13-24)16-17-40(7,8)9;1-12-11-18(2,3)17(21-12)10-16-15(8-9-20-16)13-4-6-14(19)7-5-13;/h12-21,24-31H,32H2,1-11H3;10-15,18-20,22,33,37-39H,21H2,1-9H3;4-9,17,20H,10-11H2,1-3H3;/q-2;;;+2. The molecule has 8 bridgehead atoms. The van der Waals surface area contributed by atoms with Gasteiger partial charge in [0.1, 0.15) is 22.3 Å². The Morgan fingerprint density at radius 1 is 0.521 bits per heavy atom. The van der Waals surface area contributed by atoms with Crippen molar-refractivity contribution in [2.24, 2.45) is 10.4 Å². The molecule has 6 aromatic carbocycles. The largest absolute Gasteiger partial charge is 2.00 e. The smallest absolute Gasteiger partial charge is 0.657 e. The number of aliphatic hydroxyl groups excluding tert-OH is 1. The zero-order valence-electron chi connectivity index (χ0n) is 75.1. The number of aromatic amines is 3. The van der Waals surface area contributed by atoms with E-state index in [1.165, 1.54) is 51.9 Å². The number of aliphatic imine (C=N–C) groups is 1. The number of rotatable bonds is 11. The van der Waals surface area contributed by atoms with Gasteiger partial charge < -0.3 is 30.0 Å². The molecule has 0 saturated heterocycles. The number of H-pyrrole nitrogens is 3. The van der Waals surface area contributed by atoms with Crippen LogP contribution in [0.5, 0.6) is 0 Å². The van der Waals surface area contributed by atoms with Crippen molar-refractivity contribution >= 4 is 117 Å². The number of nitrogens with one attached hydrogen (secondary N) is 3. The minimum Gasteiger partial charge on any atom is -0.657 e. The first kappa shape index (κ1) is 92.0. The zero-order chi connectivity index (χ0) is 86.6. The number of aliphatic hydroxyl groups is 1. The molecule has 9 nitrogen and oxygen atoms in total. The van der Waals surface area contributed by atoms with E-state index in [2.05, 4.69) is 450 Å². The van der Waals surface area contributed by atoms with Crippen molar-refractivity contribution in [2.45, 2.75) is 222 Å².